The summed E-state index contributed by atoms with van der Waals surface area (Å²) < 4.78 is 17.5. The first-order valence-corrected chi connectivity index (χ1v) is 14.9. The van der Waals surface area contributed by atoms with Gasteiger partial charge in [-0.15, -0.1) is 0 Å². The van der Waals surface area contributed by atoms with Gasteiger partial charge >= 0.3 is 18.2 Å². The van der Waals surface area contributed by atoms with Crippen molar-refractivity contribution < 1.29 is 28.6 Å². The van der Waals surface area contributed by atoms with E-state index in [4.69, 9.17) is 14.2 Å². The fraction of sp³-hybridized carbons (Fsp3) is 0.719. The van der Waals surface area contributed by atoms with Crippen molar-refractivity contribution in [3.8, 4) is 0 Å². The molecule has 4 saturated carbocycles. The molecule has 1 aromatic rings. The number of rotatable bonds is 6. The number of hydrazine groups is 1. The molecule has 4 bridgehead atoms. The highest BCUT2D eigenvalue weighted by molar-refractivity contribution is 5.84. The predicted octanol–water partition coefficient (Wildman–Crippen LogP) is 6.80. The quantitative estimate of drug-likeness (QED) is 0.236. The molecule has 7 atom stereocenters. The highest BCUT2D eigenvalue weighted by atomic mass is 16.6. The zero-order chi connectivity index (χ0) is 29.1. The van der Waals surface area contributed by atoms with E-state index in [9.17, 15) is 14.4 Å². The summed E-state index contributed by atoms with van der Waals surface area (Å²) in [5.74, 6) is 0.284. The van der Waals surface area contributed by atoms with Crippen LogP contribution in [0.1, 0.15) is 98.6 Å². The minimum Gasteiger partial charge on any atom is -0.464 e. The number of nitrogens with zero attached hydrogens (tertiary/aromatic N) is 1. The Morgan fingerprint density at radius 1 is 0.875 bits per heavy atom. The first-order valence-electron chi connectivity index (χ1n) is 14.9. The maximum atomic E-state index is 13.9. The Bertz CT molecular complexity index is 1150. The first kappa shape index (κ1) is 28.7. The Morgan fingerprint density at radius 2 is 1.40 bits per heavy atom. The van der Waals surface area contributed by atoms with Gasteiger partial charge in [-0.2, -0.15) is 5.01 Å². The van der Waals surface area contributed by atoms with Gasteiger partial charge in [0.15, 0.2) is 6.04 Å². The van der Waals surface area contributed by atoms with Crippen LogP contribution in [0.5, 0.6) is 0 Å². The second kappa shape index (κ2) is 9.95. The molecular weight excluding hydrogens is 508 g/mol. The first-order chi connectivity index (χ1) is 18.8. The molecule has 220 valence electrons. The van der Waals surface area contributed by atoms with Gasteiger partial charge in [0.25, 0.3) is 0 Å². The van der Waals surface area contributed by atoms with Crippen molar-refractivity contribution in [2.75, 3.05) is 6.61 Å². The lowest BCUT2D eigenvalue weighted by Gasteiger charge is -2.40. The normalized spacial score (nSPS) is 35.2. The molecule has 2 amide bonds. The summed E-state index contributed by atoms with van der Waals surface area (Å²) in [6.07, 6.45) is 3.59. The molecule has 4 aliphatic carbocycles. The lowest BCUT2D eigenvalue weighted by atomic mass is 9.70. The fourth-order valence-corrected chi connectivity index (χ4v) is 8.51. The third-order valence-corrected chi connectivity index (χ3v) is 12.2. The highest BCUT2D eigenvalue weighted by Crippen LogP contribution is 2.67. The van der Waals surface area contributed by atoms with E-state index in [1.54, 1.807) is 31.2 Å². The summed E-state index contributed by atoms with van der Waals surface area (Å²) in [7, 11) is 0. The van der Waals surface area contributed by atoms with E-state index in [2.05, 4.69) is 47.0 Å². The molecule has 0 spiro atoms. The molecule has 1 N–H and O–H groups in total. The van der Waals surface area contributed by atoms with E-state index in [0.29, 0.717) is 17.4 Å². The molecule has 4 fully saturated rings. The Kier molecular flexibility index (Phi) is 7.15. The number of carbonyl (C=O) groups is 3. The van der Waals surface area contributed by atoms with Gasteiger partial charge in [-0.25, -0.2) is 19.8 Å². The van der Waals surface area contributed by atoms with Crippen molar-refractivity contribution in [3.05, 3.63) is 35.9 Å². The van der Waals surface area contributed by atoms with Crippen molar-refractivity contribution in [2.45, 2.75) is 105 Å². The standard InChI is InChI=1S/C32H46N2O6/c1-8-38-26(35)25(20-12-10-9-11-13-20)34(28(37)40-24-19-22-15-17-32(24,7)30(22,4)5)33-27(36)39-23-18-21-14-16-31(23,6)29(21,2)3/h9-13,21-25H,8,14-19H2,1-7H3,(H,33,36)/t21-,22-,23-,24-,25-,31+,32+/m1/s1. The van der Waals surface area contributed by atoms with Crippen molar-refractivity contribution in [1.29, 1.82) is 0 Å². The molecular formula is C32H46N2O6. The second-order valence-corrected chi connectivity index (χ2v) is 14.0. The minimum absolute atomic E-state index is 0.0269. The number of nitrogens with one attached hydrogen (secondary N) is 1. The highest BCUT2D eigenvalue weighted by Gasteiger charge is 2.64. The van der Waals surface area contributed by atoms with Crippen molar-refractivity contribution in [1.82, 2.24) is 10.4 Å². The van der Waals surface area contributed by atoms with Crippen LogP contribution in [-0.2, 0) is 19.0 Å². The van der Waals surface area contributed by atoms with E-state index in [1.165, 1.54) is 0 Å². The molecule has 8 heteroatoms. The van der Waals surface area contributed by atoms with E-state index < -0.39 is 24.2 Å². The van der Waals surface area contributed by atoms with Crippen molar-refractivity contribution in [2.24, 2.45) is 33.5 Å². The van der Waals surface area contributed by atoms with Crippen LogP contribution in [0.25, 0.3) is 0 Å². The topological polar surface area (TPSA) is 94.2 Å². The molecule has 5 rings (SSSR count). The van der Waals surface area contributed by atoms with Crippen LogP contribution in [0.2, 0.25) is 0 Å². The Hall–Kier alpha value is -2.77. The van der Waals surface area contributed by atoms with Gasteiger partial charge < -0.3 is 14.2 Å². The molecule has 0 unspecified atom stereocenters. The maximum Gasteiger partial charge on any atom is 0.430 e. The SMILES string of the molecule is CCOC(=O)[C@@H](c1ccccc1)N(NC(=O)O[C@@H]1C[C@H]2CC[C@]1(C)C2(C)C)C(=O)O[C@@H]1C[C@H]2CC[C@]1(C)C2(C)C. The Labute approximate surface area is 238 Å². The average molecular weight is 555 g/mol. The molecule has 40 heavy (non-hydrogen) atoms. The van der Waals surface area contributed by atoms with Gasteiger partial charge in [-0.3, -0.25) is 0 Å². The number of hydrogen-bond acceptors (Lipinski definition) is 6. The number of ether oxygens (including phenoxy) is 3. The number of hydrogen-bond donors (Lipinski definition) is 1. The van der Waals surface area contributed by atoms with Gasteiger partial charge in [0.05, 0.1) is 6.61 Å². The molecule has 0 saturated heterocycles. The maximum absolute atomic E-state index is 13.9. The van der Waals surface area contributed by atoms with Crippen LogP contribution < -0.4 is 5.43 Å². The van der Waals surface area contributed by atoms with Crippen LogP contribution in [0.3, 0.4) is 0 Å². The third-order valence-electron chi connectivity index (χ3n) is 12.2. The third kappa shape index (κ3) is 4.28. The molecule has 0 radical (unpaired) electrons. The van der Waals surface area contributed by atoms with Crippen LogP contribution >= 0.6 is 0 Å². The molecule has 0 heterocycles. The number of fused-ring (bicyclic) bond motifs is 4. The summed E-state index contributed by atoms with van der Waals surface area (Å²) >= 11 is 0. The fourth-order valence-electron chi connectivity index (χ4n) is 8.51. The monoisotopic (exact) mass is 554 g/mol. The second-order valence-electron chi connectivity index (χ2n) is 14.0. The summed E-state index contributed by atoms with van der Waals surface area (Å²) in [6.45, 7) is 15.2. The molecule has 8 nitrogen and oxygen atoms in total. The summed E-state index contributed by atoms with van der Waals surface area (Å²) in [4.78, 5) is 40.7. The lowest BCUT2D eigenvalue weighted by molar-refractivity contribution is -0.151. The van der Waals surface area contributed by atoms with Crippen LogP contribution in [0.4, 0.5) is 9.59 Å². The van der Waals surface area contributed by atoms with E-state index in [-0.39, 0.29) is 40.5 Å². The largest absolute Gasteiger partial charge is 0.464 e. The Morgan fingerprint density at radius 3 is 1.85 bits per heavy atom. The molecule has 1 aromatic carbocycles. The van der Waals surface area contributed by atoms with Gasteiger partial charge in [-0.1, -0.05) is 71.9 Å². The van der Waals surface area contributed by atoms with E-state index >= 15 is 0 Å². The zero-order valence-electron chi connectivity index (χ0n) is 25.1. The molecule has 0 aromatic heterocycles. The predicted molar refractivity (Wildman–Crippen MR) is 150 cm³/mol. The average Bonchev–Trinajstić information content (AvgIpc) is 3.41. The summed E-state index contributed by atoms with van der Waals surface area (Å²) in [5, 5.41) is 0.985. The summed E-state index contributed by atoms with van der Waals surface area (Å²) in [5.41, 5.74) is 2.88. The van der Waals surface area contributed by atoms with Crippen LogP contribution in [0.15, 0.2) is 30.3 Å². The molecule has 0 aliphatic heterocycles. The lowest BCUT2D eigenvalue weighted by Crippen LogP contribution is -2.54. The smallest absolute Gasteiger partial charge is 0.430 e. The van der Waals surface area contributed by atoms with E-state index in [1.807, 2.05) is 6.07 Å². The van der Waals surface area contributed by atoms with Crippen molar-refractivity contribution >= 4 is 18.2 Å². The zero-order valence-corrected chi connectivity index (χ0v) is 25.1. The van der Waals surface area contributed by atoms with Crippen molar-refractivity contribution in [3.63, 3.8) is 0 Å². The number of carbonyl (C=O) groups excluding carboxylic acids is 3. The Balaban J connectivity index is 1.41. The van der Waals surface area contributed by atoms with Gasteiger partial charge in [0.2, 0.25) is 0 Å². The van der Waals surface area contributed by atoms with Gasteiger partial charge in [0, 0.05) is 10.8 Å². The molecule has 4 aliphatic rings. The minimum atomic E-state index is -1.23. The van der Waals surface area contributed by atoms with Crippen LogP contribution in [-0.4, -0.2) is 42.0 Å². The van der Waals surface area contributed by atoms with Gasteiger partial charge in [0.1, 0.15) is 12.2 Å². The summed E-state index contributed by atoms with van der Waals surface area (Å²) in [6, 6.07) is 7.62. The van der Waals surface area contributed by atoms with Gasteiger partial charge in [-0.05, 0) is 73.7 Å². The van der Waals surface area contributed by atoms with E-state index in [0.717, 1.165) is 43.5 Å². The number of esters is 1. The number of amides is 2. The number of benzene rings is 1. The van der Waals surface area contributed by atoms with Crippen LogP contribution in [0, 0.1) is 33.5 Å².